The third-order valence-electron chi connectivity index (χ3n) is 3.46. The molecule has 0 fully saturated rings. The molecule has 0 amide bonds. The normalized spacial score (nSPS) is 15.8. The van der Waals surface area contributed by atoms with Gasteiger partial charge in [-0.3, -0.25) is 4.21 Å². The third-order valence-corrected chi connectivity index (χ3v) is 5.36. The predicted octanol–water partition coefficient (Wildman–Crippen LogP) is 2.81. The Kier molecular flexibility index (Phi) is 6.52. The standard InChI is InChI=1S/C15H25NO2S/c1-6-12(3)19(17)10-14(16-4)13-9-11(2)7-8-15(13)18-5/h7-9,12,14,16H,6,10H2,1-5H3. The first-order chi connectivity index (χ1) is 9.03. The highest BCUT2D eigenvalue weighted by molar-refractivity contribution is 7.85. The lowest BCUT2D eigenvalue weighted by Crippen LogP contribution is -2.26. The van der Waals surface area contributed by atoms with Crippen molar-refractivity contribution >= 4 is 10.8 Å². The van der Waals surface area contributed by atoms with Crippen molar-refractivity contribution in [3.8, 4) is 5.75 Å². The Labute approximate surface area is 119 Å². The number of nitrogens with one attached hydrogen (secondary N) is 1. The van der Waals surface area contributed by atoms with Crippen molar-refractivity contribution in [3.63, 3.8) is 0 Å². The van der Waals surface area contributed by atoms with Crippen LogP contribution in [0.2, 0.25) is 0 Å². The van der Waals surface area contributed by atoms with Gasteiger partial charge in [0.1, 0.15) is 5.75 Å². The molecule has 19 heavy (non-hydrogen) atoms. The summed E-state index contributed by atoms with van der Waals surface area (Å²) < 4.78 is 17.6. The summed E-state index contributed by atoms with van der Waals surface area (Å²) in [6.07, 6.45) is 0.938. The lowest BCUT2D eigenvalue weighted by molar-refractivity contribution is 0.404. The highest BCUT2D eigenvalue weighted by atomic mass is 32.2. The Balaban J connectivity index is 2.96. The second-order valence-electron chi connectivity index (χ2n) is 4.85. The quantitative estimate of drug-likeness (QED) is 0.836. The van der Waals surface area contributed by atoms with Gasteiger partial charge in [0.2, 0.25) is 0 Å². The van der Waals surface area contributed by atoms with Crippen LogP contribution in [0.1, 0.15) is 37.4 Å². The molecule has 4 heteroatoms. The van der Waals surface area contributed by atoms with E-state index in [2.05, 4.69) is 25.2 Å². The second-order valence-corrected chi connectivity index (χ2v) is 6.75. The molecule has 0 aromatic heterocycles. The molecule has 0 aliphatic carbocycles. The molecular formula is C15H25NO2S. The zero-order valence-electron chi connectivity index (χ0n) is 12.5. The monoisotopic (exact) mass is 283 g/mol. The lowest BCUT2D eigenvalue weighted by atomic mass is 10.0. The van der Waals surface area contributed by atoms with Gasteiger partial charge in [-0.05, 0) is 26.5 Å². The van der Waals surface area contributed by atoms with Gasteiger partial charge in [0.25, 0.3) is 0 Å². The highest BCUT2D eigenvalue weighted by Crippen LogP contribution is 2.27. The van der Waals surface area contributed by atoms with E-state index in [1.807, 2.05) is 26.1 Å². The van der Waals surface area contributed by atoms with E-state index in [9.17, 15) is 4.21 Å². The largest absolute Gasteiger partial charge is 0.496 e. The van der Waals surface area contributed by atoms with Crippen LogP contribution in [0.3, 0.4) is 0 Å². The molecule has 1 aromatic carbocycles. The van der Waals surface area contributed by atoms with Crippen molar-refractivity contribution in [1.29, 1.82) is 0 Å². The minimum absolute atomic E-state index is 0.0599. The Morgan fingerprint density at radius 1 is 1.42 bits per heavy atom. The van der Waals surface area contributed by atoms with Gasteiger partial charge < -0.3 is 10.1 Å². The molecule has 3 atom stereocenters. The van der Waals surface area contributed by atoms with Crippen molar-refractivity contribution < 1.29 is 8.95 Å². The minimum Gasteiger partial charge on any atom is -0.496 e. The maximum absolute atomic E-state index is 12.2. The van der Waals surface area contributed by atoms with Crippen LogP contribution < -0.4 is 10.1 Å². The van der Waals surface area contributed by atoms with Gasteiger partial charge in [-0.1, -0.05) is 31.5 Å². The molecule has 0 aliphatic heterocycles. The van der Waals surface area contributed by atoms with Crippen LogP contribution in [0.4, 0.5) is 0 Å². The summed E-state index contributed by atoms with van der Waals surface area (Å²) >= 11 is 0. The van der Waals surface area contributed by atoms with E-state index < -0.39 is 10.8 Å². The van der Waals surface area contributed by atoms with Gasteiger partial charge in [-0.15, -0.1) is 0 Å². The van der Waals surface area contributed by atoms with Crippen LogP contribution in [0, 0.1) is 6.92 Å². The van der Waals surface area contributed by atoms with Crippen molar-refractivity contribution in [2.24, 2.45) is 0 Å². The van der Waals surface area contributed by atoms with Gasteiger partial charge in [0, 0.05) is 33.4 Å². The summed E-state index contributed by atoms with van der Waals surface area (Å²) in [5, 5.41) is 3.49. The number of hydrogen-bond acceptors (Lipinski definition) is 3. The zero-order valence-corrected chi connectivity index (χ0v) is 13.3. The fraction of sp³-hybridized carbons (Fsp3) is 0.600. The Morgan fingerprint density at radius 2 is 2.11 bits per heavy atom. The second kappa shape index (κ2) is 7.65. The summed E-state index contributed by atoms with van der Waals surface area (Å²) in [7, 11) is 2.75. The molecule has 0 saturated carbocycles. The molecule has 0 saturated heterocycles. The number of ether oxygens (including phenoxy) is 1. The molecule has 0 heterocycles. The Hall–Kier alpha value is -0.870. The molecule has 0 bridgehead atoms. The number of rotatable bonds is 7. The molecule has 1 rings (SSSR count). The molecule has 0 spiro atoms. The summed E-state index contributed by atoms with van der Waals surface area (Å²) in [5.41, 5.74) is 2.27. The Morgan fingerprint density at radius 3 is 2.63 bits per heavy atom. The molecule has 0 aliphatic rings. The van der Waals surface area contributed by atoms with Crippen LogP contribution in [0.25, 0.3) is 0 Å². The topological polar surface area (TPSA) is 38.3 Å². The molecule has 1 N–H and O–H groups in total. The van der Waals surface area contributed by atoms with Gasteiger partial charge in [0.05, 0.1) is 7.11 Å². The number of methoxy groups -OCH3 is 1. The van der Waals surface area contributed by atoms with Crippen LogP contribution in [0.5, 0.6) is 5.75 Å². The number of aryl methyl sites for hydroxylation is 1. The number of benzene rings is 1. The van der Waals surface area contributed by atoms with Crippen LogP contribution in [-0.4, -0.2) is 29.4 Å². The molecule has 1 aromatic rings. The molecule has 108 valence electrons. The zero-order chi connectivity index (χ0) is 14.4. The van der Waals surface area contributed by atoms with E-state index in [1.165, 1.54) is 5.56 Å². The molecule has 3 unspecified atom stereocenters. The first-order valence-electron chi connectivity index (χ1n) is 6.72. The SMILES string of the molecule is CCC(C)S(=O)CC(NC)c1cc(C)ccc1OC. The molecule has 0 radical (unpaired) electrons. The van der Waals surface area contributed by atoms with E-state index in [0.29, 0.717) is 5.75 Å². The van der Waals surface area contributed by atoms with Gasteiger partial charge >= 0.3 is 0 Å². The van der Waals surface area contributed by atoms with E-state index in [1.54, 1.807) is 7.11 Å². The van der Waals surface area contributed by atoms with Crippen LogP contribution in [-0.2, 0) is 10.8 Å². The van der Waals surface area contributed by atoms with E-state index in [4.69, 9.17) is 4.74 Å². The van der Waals surface area contributed by atoms with Gasteiger partial charge in [-0.25, -0.2) is 0 Å². The fourth-order valence-electron chi connectivity index (χ4n) is 1.97. The predicted molar refractivity (Wildman–Crippen MR) is 82.3 cm³/mol. The smallest absolute Gasteiger partial charge is 0.123 e. The average Bonchev–Trinajstić information content (AvgIpc) is 2.43. The summed E-state index contributed by atoms with van der Waals surface area (Å²) in [6.45, 7) is 6.17. The van der Waals surface area contributed by atoms with Crippen LogP contribution >= 0.6 is 0 Å². The highest BCUT2D eigenvalue weighted by Gasteiger charge is 2.19. The van der Waals surface area contributed by atoms with Crippen LogP contribution in [0.15, 0.2) is 18.2 Å². The summed E-state index contributed by atoms with van der Waals surface area (Å²) in [6, 6.07) is 6.17. The van der Waals surface area contributed by atoms with Crippen molar-refractivity contribution in [3.05, 3.63) is 29.3 Å². The lowest BCUT2D eigenvalue weighted by Gasteiger charge is -2.21. The van der Waals surface area contributed by atoms with Crippen molar-refractivity contribution in [2.75, 3.05) is 19.9 Å². The van der Waals surface area contributed by atoms with Crippen molar-refractivity contribution in [2.45, 2.75) is 38.5 Å². The molecular weight excluding hydrogens is 258 g/mol. The maximum Gasteiger partial charge on any atom is 0.123 e. The minimum atomic E-state index is -0.830. The van der Waals surface area contributed by atoms with Gasteiger partial charge in [-0.2, -0.15) is 0 Å². The first-order valence-corrected chi connectivity index (χ1v) is 8.10. The third kappa shape index (κ3) is 4.32. The first kappa shape index (κ1) is 16.2. The summed E-state index contributed by atoms with van der Waals surface area (Å²) in [4.78, 5) is 0. The average molecular weight is 283 g/mol. The Bertz CT molecular complexity index is 434. The van der Waals surface area contributed by atoms with Gasteiger partial charge in [0.15, 0.2) is 0 Å². The maximum atomic E-state index is 12.2. The number of hydrogen-bond donors (Lipinski definition) is 1. The van der Waals surface area contributed by atoms with Crippen molar-refractivity contribution in [1.82, 2.24) is 5.32 Å². The summed E-state index contributed by atoms with van der Waals surface area (Å²) in [5.74, 6) is 1.47. The van der Waals surface area contributed by atoms with E-state index in [-0.39, 0.29) is 11.3 Å². The molecule has 3 nitrogen and oxygen atoms in total. The van der Waals surface area contributed by atoms with E-state index in [0.717, 1.165) is 17.7 Å². The van der Waals surface area contributed by atoms with E-state index >= 15 is 0 Å². The fourth-order valence-corrected chi connectivity index (χ4v) is 3.34.